The third-order valence-electron chi connectivity index (χ3n) is 3.00. The van der Waals surface area contributed by atoms with Crippen molar-refractivity contribution in [1.29, 1.82) is 0 Å². The fourth-order valence-electron chi connectivity index (χ4n) is 2.24. The maximum absolute atomic E-state index is 11.9. The average Bonchev–Trinajstić information content (AvgIpc) is 2.33. The minimum Gasteiger partial charge on any atom is -0.295 e. The maximum Gasteiger partial charge on any atom is 0.159 e. The van der Waals surface area contributed by atoms with E-state index in [2.05, 4.69) is 18.7 Å². The Hall–Kier alpha value is -1.63. The molecule has 1 aliphatic carbocycles. The molecule has 0 radical (unpaired) electrons. The van der Waals surface area contributed by atoms with E-state index >= 15 is 0 Å². The van der Waals surface area contributed by atoms with Crippen LogP contribution in [0.1, 0.15) is 31.2 Å². The van der Waals surface area contributed by atoms with E-state index in [4.69, 9.17) is 0 Å². The van der Waals surface area contributed by atoms with Crippen LogP contribution in [0.2, 0.25) is 0 Å². The molecular formula is C15H16O. The summed E-state index contributed by atoms with van der Waals surface area (Å²) in [6, 6.07) is 10.2. The highest BCUT2D eigenvalue weighted by Crippen LogP contribution is 2.31. The Bertz CT molecular complexity index is 426. The summed E-state index contributed by atoms with van der Waals surface area (Å²) in [5.74, 6) is 0.296. The first-order valence-electron chi connectivity index (χ1n) is 5.74. The number of rotatable bonds is 3. The second-order valence-corrected chi connectivity index (χ2v) is 4.09. The van der Waals surface area contributed by atoms with Gasteiger partial charge in [0.05, 0.1) is 0 Å². The molecule has 0 heterocycles. The zero-order valence-corrected chi connectivity index (χ0v) is 9.41. The summed E-state index contributed by atoms with van der Waals surface area (Å²) in [6.07, 6.45) is 5.20. The van der Waals surface area contributed by atoms with Gasteiger partial charge in [0.1, 0.15) is 0 Å². The van der Waals surface area contributed by atoms with E-state index in [1.807, 2.05) is 24.3 Å². The van der Waals surface area contributed by atoms with Crippen molar-refractivity contribution in [3.63, 3.8) is 0 Å². The van der Waals surface area contributed by atoms with Crippen molar-refractivity contribution in [2.75, 3.05) is 0 Å². The highest BCUT2D eigenvalue weighted by molar-refractivity contribution is 6.04. The minimum atomic E-state index is 0.296. The first-order valence-corrected chi connectivity index (χ1v) is 5.74. The Kier molecular flexibility index (Phi) is 3.35. The van der Waals surface area contributed by atoms with Gasteiger partial charge in [0, 0.05) is 12.0 Å². The van der Waals surface area contributed by atoms with Crippen LogP contribution >= 0.6 is 0 Å². The Balaban J connectivity index is 2.45. The Morgan fingerprint density at radius 2 is 1.94 bits per heavy atom. The van der Waals surface area contributed by atoms with Crippen LogP contribution in [0.5, 0.6) is 0 Å². The van der Waals surface area contributed by atoms with E-state index in [1.165, 1.54) is 11.1 Å². The summed E-state index contributed by atoms with van der Waals surface area (Å²) >= 11 is 0. The number of benzene rings is 1. The van der Waals surface area contributed by atoms with Gasteiger partial charge >= 0.3 is 0 Å². The third kappa shape index (κ3) is 2.13. The number of ketones is 1. The molecule has 0 aromatic heterocycles. The van der Waals surface area contributed by atoms with Crippen LogP contribution in [0, 0.1) is 0 Å². The molecule has 0 amide bonds. The van der Waals surface area contributed by atoms with Crippen molar-refractivity contribution in [1.82, 2.24) is 0 Å². The molecule has 0 saturated heterocycles. The molecule has 82 valence electrons. The third-order valence-corrected chi connectivity index (χ3v) is 3.00. The lowest BCUT2D eigenvalue weighted by Gasteiger charge is -2.18. The van der Waals surface area contributed by atoms with Crippen molar-refractivity contribution in [3.05, 3.63) is 54.1 Å². The van der Waals surface area contributed by atoms with Gasteiger partial charge < -0.3 is 0 Å². The Labute approximate surface area is 96.5 Å². The molecule has 1 aromatic carbocycles. The molecule has 16 heavy (non-hydrogen) atoms. The molecule has 2 rings (SSSR count). The smallest absolute Gasteiger partial charge is 0.159 e. The van der Waals surface area contributed by atoms with Gasteiger partial charge in [-0.2, -0.15) is 0 Å². The monoisotopic (exact) mass is 212 g/mol. The lowest BCUT2D eigenvalue weighted by molar-refractivity contribution is -0.115. The second kappa shape index (κ2) is 4.93. The molecule has 1 nitrogen and oxygen atoms in total. The average molecular weight is 212 g/mol. The van der Waals surface area contributed by atoms with Gasteiger partial charge in [0.2, 0.25) is 0 Å². The Morgan fingerprint density at radius 3 is 2.62 bits per heavy atom. The van der Waals surface area contributed by atoms with Crippen LogP contribution in [-0.4, -0.2) is 5.78 Å². The molecule has 0 spiro atoms. The molecule has 0 fully saturated rings. The van der Waals surface area contributed by atoms with Gasteiger partial charge in [-0.1, -0.05) is 36.4 Å². The van der Waals surface area contributed by atoms with Crippen molar-refractivity contribution in [3.8, 4) is 0 Å². The molecule has 0 atom stereocenters. The molecular weight excluding hydrogens is 196 g/mol. The van der Waals surface area contributed by atoms with Crippen LogP contribution in [0.4, 0.5) is 0 Å². The topological polar surface area (TPSA) is 17.1 Å². The standard InChI is InChI=1S/C15H16O/c1-2-7-14-13(10-6-11-15(14)16)12-8-4-3-5-9-12/h2-5,8-9H,1,6-7,10-11H2. The maximum atomic E-state index is 11.9. The predicted molar refractivity (Wildman–Crippen MR) is 67.0 cm³/mol. The molecule has 0 unspecified atom stereocenters. The summed E-state index contributed by atoms with van der Waals surface area (Å²) in [4.78, 5) is 11.9. The molecule has 0 saturated carbocycles. The van der Waals surface area contributed by atoms with E-state index in [-0.39, 0.29) is 0 Å². The molecule has 0 N–H and O–H groups in total. The first kappa shape index (κ1) is 10.9. The van der Waals surface area contributed by atoms with E-state index in [0.29, 0.717) is 18.6 Å². The lowest BCUT2D eigenvalue weighted by Crippen LogP contribution is -2.10. The van der Waals surface area contributed by atoms with Crippen molar-refractivity contribution < 1.29 is 4.79 Å². The summed E-state index contributed by atoms with van der Waals surface area (Å²) < 4.78 is 0. The number of carbonyl (C=O) groups is 1. The fourth-order valence-corrected chi connectivity index (χ4v) is 2.24. The quantitative estimate of drug-likeness (QED) is 0.697. The highest BCUT2D eigenvalue weighted by atomic mass is 16.1. The number of carbonyl (C=O) groups excluding carboxylic acids is 1. The minimum absolute atomic E-state index is 0.296. The van der Waals surface area contributed by atoms with Crippen LogP contribution in [0.3, 0.4) is 0 Å². The first-order chi connectivity index (χ1) is 7.83. The van der Waals surface area contributed by atoms with Gasteiger partial charge in [-0.15, -0.1) is 6.58 Å². The Morgan fingerprint density at radius 1 is 1.19 bits per heavy atom. The number of Topliss-reactive ketones (excluding diaryl/α,β-unsaturated/α-hetero) is 1. The number of hydrogen-bond acceptors (Lipinski definition) is 1. The van der Waals surface area contributed by atoms with Crippen LogP contribution in [0.15, 0.2) is 48.6 Å². The lowest BCUT2D eigenvalue weighted by atomic mass is 9.85. The summed E-state index contributed by atoms with van der Waals surface area (Å²) in [7, 11) is 0. The van der Waals surface area contributed by atoms with E-state index in [1.54, 1.807) is 0 Å². The fraction of sp³-hybridized carbons (Fsp3) is 0.267. The van der Waals surface area contributed by atoms with E-state index < -0.39 is 0 Å². The van der Waals surface area contributed by atoms with E-state index in [9.17, 15) is 4.79 Å². The summed E-state index contributed by atoms with van der Waals surface area (Å²) in [6.45, 7) is 3.73. The summed E-state index contributed by atoms with van der Waals surface area (Å²) in [5.41, 5.74) is 3.37. The van der Waals surface area contributed by atoms with Crippen LogP contribution in [0.25, 0.3) is 5.57 Å². The molecule has 1 aromatic rings. The molecule has 0 bridgehead atoms. The highest BCUT2D eigenvalue weighted by Gasteiger charge is 2.19. The van der Waals surface area contributed by atoms with Crippen LogP contribution < -0.4 is 0 Å². The molecule has 1 aliphatic rings. The van der Waals surface area contributed by atoms with Gasteiger partial charge in [0.15, 0.2) is 5.78 Å². The van der Waals surface area contributed by atoms with Gasteiger partial charge in [-0.3, -0.25) is 4.79 Å². The largest absolute Gasteiger partial charge is 0.295 e. The predicted octanol–water partition coefficient (Wildman–Crippen LogP) is 3.77. The SMILES string of the molecule is C=CCC1=C(c2ccccc2)CCCC1=O. The van der Waals surface area contributed by atoms with Crippen molar-refractivity contribution in [2.24, 2.45) is 0 Å². The molecule has 1 heteroatoms. The molecule has 0 aliphatic heterocycles. The zero-order chi connectivity index (χ0) is 11.4. The zero-order valence-electron chi connectivity index (χ0n) is 9.41. The van der Waals surface area contributed by atoms with Gasteiger partial charge in [0.25, 0.3) is 0 Å². The van der Waals surface area contributed by atoms with E-state index in [0.717, 1.165) is 18.4 Å². The second-order valence-electron chi connectivity index (χ2n) is 4.09. The number of allylic oxidation sites excluding steroid dienone is 3. The van der Waals surface area contributed by atoms with Crippen molar-refractivity contribution >= 4 is 11.4 Å². The number of hydrogen-bond donors (Lipinski definition) is 0. The van der Waals surface area contributed by atoms with Crippen LogP contribution in [-0.2, 0) is 4.79 Å². The summed E-state index contributed by atoms with van der Waals surface area (Å²) in [5, 5.41) is 0. The van der Waals surface area contributed by atoms with Gasteiger partial charge in [-0.05, 0) is 30.4 Å². The normalized spacial score (nSPS) is 16.4. The van der Waals surface area contributed by atoms with Crippen molar-refractivity contribution in [2.45, 2.75) is 25.7 Å². The van der Waals surface area contributed by atoms with Gasteiger partial charge in [-0.25, -0.2) is 0 Å².